The summed E-state index contributed by atoms with van der Waals surface area (Å²) in [6.07, 6.45) is 1.38. The predicted octanol–water partition coefficient (Wildman–Crippen LogP) is 1.15. The van der Waals surface area contributed by atoms with Crippen LogP contribution >= 0.6 is 0 Å². The van der Waals surface area contributed by atoms with Gasteiger partial charge in [-0.05, 0) is 43.4 Å². The third kappa shape index (κ3) is 3.84. The largest absolute Gasteiger partial charge is 0.393 e. The minimum absolute atomic E-state index is 0.0299. The van der Waals surface area contributed by atoms with Crippen molar-refractivity contribution < 1.29 is 9.90 Å². The number of aryl methyl sites for hydroxylation is 1. The van der Waals surface area contributed by atoms with Crippen LogP contribution < -0.4 is 5.73 Å². The van der Waals surface area contributed by atoms with E-state index in [4.69, 9.17) is 5.73 Å². The Hall–Kier alpha value is -1.83. The van der Waals surface area contributed by atoms with Crippen LogP contribution in [0.1, 0.15) is 34.3 Å². The number of amides is 1. The van der Waals surface area contributed by atoms with E-state index in [2.05, 4.69) is 11.8 Å². The van der Waals surface area contributed by atoms with Gasteiger partial charge in [-0.1, -0.05) is 17.9 Å². The van der Waals surface area contributed by atoms with Crippen molar-refractivity contribution in [3.8, 4) is 11.8 Å². The standard InChI is InChI=1S/C17H22N2O2/c1-12-5-6-16(14(8-12)4-3-7-18)17(21)19(2)11-13-9-15(20)10-13/h5-6,8,13,15,20H,7,9-11,18H2,1-2H3. The summed E-state index contributed by atoms with van der Waals surface area (Å²) in [4.78, 5) is 14.3. The van der Waals surface area contributed by atoms with Gasteiger partial charge in [0.05, 0.1) is 18.2 Å². The SMILES string of the molecule is Cc1ccc(C(=O)N(C)CC2CC(O)C2)c(C#CCN)c1. The first-order valence-corrected chi connectivity index (χ1v) is 7.24. The van der Waals surface area contributed by atoms with Crippen molar-refractivity contribution in [3.05, 3.63) is 34.9 Å². The molecule has 1 fully saturated rings. The van der Waals surface area contributed by atoms with Crippen LogP contribution in [0.2, 0.25) is 0 Å². The number of aliphatic hydroxyl groups excluding tert-OH is 1. The summed E-state index contributed by atoms with van der Waals surface area (Å²) in [6.45, 7) is 2.92. The number of carbonyl (C=O) groups excluding carboxylic acids is 1. The van der Waals surface area contributed by atoms with Crippen LogP contribution in [0.15, 0.2) is 18.2 Å². The van der Waals surface area contributed by atoms with Crippen LogP contribution in [0.3, 0.4) is 0 Å². The summed E-state index contributed by atoms with van der Waals surface area (Å²) in [7, 11) is 1.80. The number of benzene rings is 1. The second kappa shape index (κ2) is 6.75. The second-order valence-corrected chi connectivity index (χ2v) is 5.73. The van der Waals surface area contributed by atoms with E-state index in [1.54, 1.807) is 11.9 Å². The van der Waals surface area contributed by atoms with Gasteiger partial charge in [-0.15, -0.1) is 0 Å². The van der Waals surface area contributed by atoms with Crippen LogP contribution in [0, 0.1) is 24.7 Å². The van der Waals surface area contributed by atoms with Crippen molar-refractivity contribution in [2.45, 2.75) is 25.9 Å². The lowest BCUT2D eigenvalue weighted by Gasteiger charge is -2.34. The van der Waals surface area contributed by atoms with E-state index >= 15 is 0 Å². The Balaban J connectivity index is 2.14. The zero-order valence-electron chi connectivity index (χ0n) is 12.6. The molecule has 1 aliphatic carbocycles. The average Bonchev–Trinajstić information content (AvgIpc) is 2.42. The highest BCUT2D eigenvalue weighted by atomic mass is 16.3. The normalized spacial score (nSPS) is 20.2. The van der Waals surface area contributed by atoms with Gasteiger partial charge in [-0.2, -0.15) is 0 Å². The zero-order valence-corrected chi connectivity index (χ0v) is 12.6. The third-order valence-corrected chi connectivity index (χ3v) is 3.82. The summed E-state index contributed by atoms with van der Waals surface area (Å²) in [5.74, 6) is 6.16. The Morgan fingerprint density at radius 1 is 1.48 bits per heavy atom. The highest BCUT2D eigenvalue weighted by molar-refractivity contribution is 5.96. The van der Waals surface area contributed by atoms with Gasteiger partial charge in [0, 0.05) is 19.2 Å². The summed E-state index contributed by atoms with van der Waals surface area (Å²) >= 11 is 0. The highest BCUT2D eigenvalue weighted by Crippen LogP contribution is 2.28. The molecule has 3 N–H and O–H groups in total. The zero-order chi connectivity index (χ0) is 15.4. The lowest BCUT2D eigenvalue weighted by Crippen LogP contribution is -2.39. The van der Waals surface area contributed by atoms with Crippen LogP contribution in [-0.4, -0.2) is 42.2 Å². The molecule has 0 unspecified atom stereocenters. The number of aliphatic hydroxyl groups is 1. The fraction of sp³-hybridized carbons (Fsp3) is 0.471. The molecule has 1 aliphatic rings. The molecule has 0 atom stereocenters. The van der Waals surface area contributed by atoms with E-state index in [9.17, 15) is 9.90 Å². The second-order valence-electron chi connectivity index (χ2n) is 5.73. The molecule has 0 aliphatic heterocycles. The topological polar surface area (TPSA) is 66.6 Å². The van der Waals surface area contributed by atoms with Crippen molar-refractivity contribution in [2.24, 2.45) is 11.7 Å². The Kier molecular flexibility index (Phi) is 5.00. The Morgan fingerprint density at radius 3 is 2.81 bits per heavy atom. The molecule has 1 aromatic rings. The monoisotopic (exact) mass is 286 g/mol. The molecule has 0 saturated heterocycles. The van der Waals surface area contributed by atoms with Gasteiger partial charge >= 0.3 is 0 Å². The van der Waals surface area contributed by atoms with Crippen LogP contribution in [-0.2, 0) is 0 Å². The Labute approximate surface area is 125 Å². The average molecular weight is 286 g/mol. The van der Waals surface area contributed by atoms with E-state index in [0.29, 0.717) is 18.0 Å². The summed E-state index contributed by atoms with van der Waals surface area (Å²) in [5, 5.41) is 9.33. The molecule has 1 aromatic carbocycles. The Morgan fingerprint density at radius 2 is 2.19 bits per heavy atom. The van der Waals surface area contributed by atoms with Gasteiger partial charge in [-0.25, -0.2) is 0 Å². The number of nitrogens with two attached hydrogens (primary N) is 1. The molecule has 0 radical (unpaired) electrons. The fourth-order valence-corrected chi connectivity index (χ4v) is 2.62. The molecular formula is C17H22N2O2. The van der Waals surface area contributed by atoms with Crippen molar-refractivity contribution in [1.82, 2.24) is 4.90 Å². The van der Waals surface area contributed by atoms with Crippen LogP contribution in [0.4, 0.5) is 0 Å². The van der Waals surface area contributed by atoms with Gasteiger partial charge in [-0.3, -0.25) is 4.79 Å². The van der Waals surface area contributed by atoms with E-state index < -0.39 is 0 Å². The van der Waals surface area contributed by atoms with Gasteiger partial charge in [0.2, 0.25) is 0 Å². The van der Waals surface area contributed by atoms with E-state index in [-0.39, 0.29) is 18.6 Å². The van der Waals surface area contributed by atoms with Crippen molar-refractivity contribution in [2.75, 3.05) is 20.1 Å². The molecule has 0 aromatic heterocycles. The van der Waals surface area contributed by atoms with Crippen molar-refractivity contribution >= 4 is 5.91 Å². The maximum Gasteiger partial charge on any atom is 0.254 e. The van der Waals surface area contributed by atoms with Gasteiger partial charge in [0.15, 0.2) is 0 Å². The molecular weight excluding hydrogens is 264 g/mol. The summed E-state index contributed by atoms with van der Waals surface area (Å²) in [5.41, 5.74) is 7.82. The van der Waals surface area contributed by atoms with E-state index in [0.717, 1.165) is 24.0 Å². The number of nitrogens with zero attached hydrogens (tertiary/aromatic N) is 1. The minimum atomic E-state index is -0.191. The molecule has 1 saturated carbocycles. The predicted molar refractivity (Wildman–Crippen MR) is 82.8 cm³/mol. The number of carbonyl (C=O) groups is 1. The number of hydrogen-bond acceptors (Lipinski definition) is 3. The number of hydrogen-bond donors (Lipinski definition) is 2. The Bertz CT molecular complexity index is 580. The lowest BCUT2D eigenvalue weighted by molar-refractivity contribution is 0.0265. The lowest BCUT2D eigenvalue weighted by atomic mass is 9.82. The smallest absolute Gasteiger partial charge is 0.254 e. The minimum Gasteiger partial charge on any atom is -0.393 e. The first-order valence-electron chi connectivity index (χ1n) is 7.24. The first kappa shape index (κ1) is 15.6. The molecule has 21 heavy (non-hydrogen) atoms. The van der Waals surface area contributed by atoms with Crippen LogP contribution in [0.5, 0.6) is 0 Å². The van der Waals surface area contributed by atoms with Crippen molar-refractivity contribution in [3.63, 3.8) is 0 Å². The van der Waals surface area contributed by atoms with Crippen molar-refractivity contribution in [1.29, 1.82) is 0 Å². The molecule has 0 heterocycles. The van der Waals surface area contributed by atoms with E-state index in [1.807, 2.05) is 25.1 Å². The fourth-order valence-electron chi connectivity index (χ4n) is 2.62. The molecule has 1 amide bonds. The quantitative estimate of drug-likeness (QED) is 0.819. The summed E-state index contributed by atoms with van der Waals surface area (Å²) < 4.78 is 0. The third-order valence-electron chi connectivity index (χ3n) is 3.82. The molecule has 4 nitrogen and oxygen atoms in total. The number of rotatable bonds is 3. The highest BCUT2D eigenvalue weighted by Gasteiger charge is 2.29. The molecule has 0 spiro atoms. The van der Waals surface area contributed by atoms with Gasteiger partial charge in [0.1, 0.15) is 0 Å². The summed E-state index contributed by atoms with van der Waals surface area (Å²) in [6, 6.07) is 5.66. The van der Waals surface area contributed by atoms with Gasteiger partial charge < -0.3 is 15.7 Å². The van der Waals surface area contributed by atoms with Crippen LogP contribution in [0.25, 0.3) is 0 Å². The molecule has 2 rings (SSSR count). The molecule has 112 valence electrons. The first-order chi connectivity index (χ1) is 10.0. The molecule has 0 bridgehead atoms. The van der Waals surface area contributed by atoms with Gasteiger partial charge in [0.25, 0.3) is 5.91 Å². The maximum atomic E-state index is 12.6. The molecule has 4 heteroatoms. The van der Waals surface area contributed by atoms with E-state index in [1.165, 1.54) is 0 Å². The maximum absolute atomic E-state index is 12.6.